The third-order valence-corrected chi connectivity index (χ3v) is 3.79. The van der Waals surface area contributed by atoms with E-state index in [4.69, 9.17) is 10.5 Å². The van der Waals surface area contributed by atoms with Crippen LogP contribution >= 0.6 is 0 Å². The number of amides is 2. The number of primary amides is 1. The van der Waals surface area contributed by atoms with Gasteiger partial charge in [0.25, 0.3) is 5.91 Å². The zero-order valence-corrected chi connectivity index (χ0v) is 12.6. The Morgan fingerprint density at radius 1 is 1.27 bits per heavy atom. The molecule has 0 aromatic heterocycles. The highest BCUT2D eigenvalue weighted by molar-refractivity contribution is 5.91. The lowest BCUT2D eigenvalue weighted by atomic mass is 9.97. The zero-order chi connectivity index (χ0) is 16.1. The summed E-state index contributed by atoms with van der Waals surface area (Å²) in [6.07, 6.45) is 1.42. The average molecular weight is 304 g/mol. The molecule has 0 unspecified atom stereocenters. The summed E-state index contributed by atoms with van der Waals surface area (Å²) in [6.45, 7) is 2.46. The first-order valence-electron chi connectivity index (χ1n) is 7.28. The van der Waals surface area contributed by atoms with Gasteiger partial charge in [0.1, 0.15) is 0 Å². The SMILES string of the molecule is Cc1ccc(C(=O)OCC(=O)N2CCC[C@@H](C(N)=O)C2)cc1. The maximum Gasteiger partial charge on any atom is 0.338 e. The van der Waals surface area contributed by atoms with Gasteiger partial charge in [-0.25, -0.2) is 4.79 Å². The fourth-order valence-electron chi connectivity index (χ4n) is 2.43. The first kappa shape index (κ1) is 16.0. The van der Waals surface area contributed by atoms with E-state index in [0.717, 1.165) is 12.0 Å². The van der Waals surface area contributed by atoms with Crippen molar-refractivity contribution in [3.63, 3.8) is 0 Å². The fourth-order valence-corrected chi connectivity index (χ4v) is 2.43. The van der Waals surface area contributed by atoms with E-state index in [0.29, 0.717) is 25.1 Å². The molecule has 1 fully saturated rings. The van der Waals surface area contributed by atoms with Gasteiger partial charge in [-0.2, -0.15) is 0 Å². The normalized spacial score (nSPS) is 17.9. The van der Waals surface area contributed by atoms with E-state index in [1.54, 1.807) is 24.3 Å². The van der Waals surface area contributed by atoms with Crippen LogP contribution in [0.4, 0.5) is 0 Å². The molecular weight excluding hydrogens is 284 g/mol. The van der Waals surface area contributed by atoms with Crippen molar-refractivity contribution in [3.05, 3.63) is 35.4 Å². The standard InChI is InChI=1S/C16H20N2O4/c1-11-4-6-12(7-5-11)16(21)22-10-14(19)18-8-2-3-13(9-18)15(17)20/h4-7,13H,2-3,8-10H2,1H3,(H2,17,20)/t13-/m1/s1. The second-order valence-corrected chi connectivity index (χ2v) is 5.52. The number of carbonyl (C=O) groups excluding carboxylic acids is 3. The summed E-state index contributed by atoms with van der Waals surface area (Å²) in [4.78, 5) is 36.6. The first-order chi connectivity index (χ1) is 10.5. The molecule has 2 N–H and O–H groups in total. The van der Waals surface area contributed by atoms with E-state index < -0.39 is 11.9 Å². The van der Waals surface area contributed by atoms with Crippen LogP contribution in [0.15, 0.2) is 24.3 Å². The van der Waals surface area contributed by atoms with Gasteiger partial charge in [-0.15, -0.1) is 0 Å². The molecule has 118 valence electrons. The number of rotatable bonds is 4. The summed E-state index contributed by atoms with van der Waals surface area (Å²) >= 11 is 0. The van der Waals surface area contributed by atoms with Crippen LogP contribution in [-0.2, 0) is 14.3 Å². The van der Waals surface area contributed by atoms with Crippen LogP contribution in [0.1, 0.15) is 28.8 Å². The van der Waals surface area contributed by atoms with Crippen molar-refractivity contribution in [1.82, 2.24) is 4.90 Å². The fraction of sp³-hybridized carbons (Fsp3) is 0.438. The summed E-state index contributed by atoms with van der Waals surface area (Å²) in [5.41, 5.74) is 6.73. The van der Waals surface area contributed by atoms with E-state index in [-0.39, 0.29) is 18.4 Å². The van der Waals surface area contributed by atoms with Gasteiger partial charge in [-0.1, -0.05) is 17.7 Å². The Labute approximate surface area is 129 Å². The topological polar surface area (TPSA) is 89.7 Å². The lowest BCUT2D eigenvalue weighted by molar-refractivity contribution is -0.137. The van der Waals surface area contributed by atoms with E-state index in [9.17, 15) is 14.4 Å². The van der Waals surface area contributed by atoms with Crippen LogP contribution < -0.4 is 5.73 Å². The predicted molar refractivity (Wildman–Crippen MR) is 80.0 cm³/mol. The summed E-state index contributed by atoms with van der Waals surface area (Å²) in [5.74, 6) is -1.54. The number of hydrogen-bond donors (Lipinski definition) is 1. The van der Waals surface area contributed by atoms with Gasteiger partial charge in [0, 0.05) is 13.1 Å². The molecule has 1 aliphatic rings. The number of ether oxygens (including phenoxy) is 1. The van der Waals surface area contributed by atoms with Crippen molar-refractivity contribution in [2.75, 3.05) is 19.7 Å². The Bertz CT molecular complexity index is 568. The van der Waals surface area contributed by atoms with Gasteiger partial charge in [0.05, 0.1) is 11.5 Å². The van der Waals surface area contributed by atoms with Crippen LogP contribution in [0.2, 0.25) is 0 Å². The summed E-state index contributed by atoms with van der Waals surface area (Å²) in [7, 11) is 0. The molecule has 0 spiro atoms. The maximum absolute atomic E-state index is 12.1. The molecule has 1 aromatic carbocycles. The number of aryl methyl sites for hydroxylation is 1. The number of hydrogen-bond acceptors (Lipinski definition) is 4. The minimum absolute atomic E-state index is 0.300. The monoisotopic (exact) mass is 304 g/mol. The summed E-state index contributed by atoms with van der Waals surface area (Å²) < 4.78 is 5.03. The Hall–Kier alpha value is -2.37. The molecule has 1 aromatic rings. The molecule has 1 heterocycles. The van der Waals surface area contributed by atoms with Crippen LogP contribution in [-0.4, -0.2) is 42.4 Å². The highest BCUT2D eigenvalue weighted by Gasteiger charge is 2.27. The van der Waals surface area contributed by atoms with E-state index in [2.05, 4.69) is 0 Å². The molecule has 2 amide bonds. The maximum atomic E-state index is 12.1. The van der Waals surface area contributed by atoms with Crippen molar-refractivity contribution < 1.29 is 19.1 Å². The molecule has 0 radical (unpaired) electrons. The predicted octanol–water partition coefficient (Wildman–Crippen LogP) is 0.876. The minimum atomic E-state index is -0.531. The van der Waals surface area contributed by atoms with Gasteiger partial charge in [0.15, 0.2) is 6.61 Å². The van der Waals surface area contributed by atoms with Gasteiger partial charge in [-0.3, -0.25) is 9.59 Å². The Balaban J connectivity index is 1.85. The van der Waals surface area contributed by atoms with Gasteiger partial charge >= 0.3 is 5.97 Å². The molecule has 1 atom stereocenters. The molecular formula is C16H20N2O4. The Morgan fingerprint density at radius 3 is 2.59 bits per heavy atom. The quantitative estimate of drug-likeness (QED) is 0.836. The number of carbonyl (C=O) groups is 3. The van der Waals surface area contributed by atoms with Crippen LogP contribution in [0.5, 0.6) is 0 Å². The number of nitrogens with two attached hydrogens (primary N) is 1. The number of nitrogens with zero attached hydrogens (tertiary/aromatic N) is 1. The highest BCUT2D eigenvalue weighted by Crippen LogP contribution is 2.16. The van der Waals surface area contributed by atoms with Gasteiger partial charge in [-0.05, 0) is 31.9 Å². The Kier molecular flexibility index (Phi) is 5.14. The molecule has 6 heteroatoms. The zero-order valence-electron chi connectivity index (χ0n) is 12.6. The molecule has 1 aliphatic heterocycles. The molecule has 0 aliphatic carbocycles. The number of likely N-dealkylation sites (tertiary alicyclic amines) is 1. The van der Waals surface area contributed by atoms with Crippen molar-refractivity contribution in [1.29, 1.82) is 0 Å². The van der Waals surface area contributed by atoms with Crippen LogP contribution in [0.25, 0.3) is 0 Å². The van der Waals surface area contributed by atoms with E-state index in [1.807, 2.05) is 6.92 Å². The summed E-state index contributed by atoms with van der Waals surface area (Å²) in [5, 5.41) is 0. The van der Waals surface area contributed by atoms with E-state index in [1.165, 1.54) is 4.90 Å². The molecule has 22 heavy (non-hydrogen) atoms. The van der Waals surface area contributed by atoms with Crippen LogP contribution in [0.3, 0.4) is 0 Å². The van der Waals surface area contributed by atoms with Crippen molar-refractivity contribution >= 4 is 17.8 Å². The largest absolute Gasteiger partial charge is 0.452 e. The molecule has 2 rings (SSSR count). The van der Waals surface area contributed by atoms with Crippen LogP contribution in [0, 0.1) is 12.8 Å². The Morgan fingerprint density at radius 2 is 1.95 bits per heavy atom. The first-order valence-corrected chi connectivity index (χ1v) is 7.28. The molecule has 0 bridgehead atoms. The van der Waals surface area contributed by atoms with Crippen molar-refractivity contribution in [2.24, 2.45) is 11.7 Å². The average Bonchev–Trinajstić information content (AvgIpc) is 2.53. The second kappa shape index (κ2) is 7.06. The van der Waals surface area contributed by atoms with Gasteiger partial charge in [0.2, 0.25) is 5.91 Å². The van der Waals surface area contributed by atoms with Crippen molar-refractivity contribution in [3.8, 4) is 0 Å². The summed E-state index contributed by atoms with van der Waals surface area (Å²) in [6, 6.07) is 6.93. The smallest absolute Gasteiger partial charge is 0.338 e. The third kappa shape index (κ3) is 4.07. The number of benzene rings is 1. The number of esters is 1. The van der Waals surface area contributed by atoms with Crippen molar-refractivity contribution in [2.45, 2.75) is 19.8 Å². The lowest BCUT2D eigenvalue weighted by Gasteiger charge is -2.31. The number of piperidine rings is 1. The molecule has 1 saturated heterocycles. The molecule has 6 nitrogen and oxygen atoms in total. The molecule has 0 saturated carbocycles. The lowest BCUT2D eigenvalue weighted by Crippen LogP contribution is -2.45. The second-order valence-electron chi connectivity index (χ2n) is 5.52. The van der Waals surface area contributed by atoms with E-state index >= 15 is 0 Å². The third-order valence-electron chi connectivity index (χ3n) is 3.79. The highest BCUT2D eigenvalue weighted by atomic mass is 16.5. The minimum Gasteiger partial charge on any atom is -0.452 e. The van der Waals surface area contributed by atoms with Gasteiger partial charge < -0.3 is 15.4 Å².